The van der Waals surface area contributed by atoms with Gasteiger partial charge in [-0.05, 0) is 19.9 Å². The minimum Gasteiger partial charge on any atom is -0.372 e. The maximum atomic E-state index is 12.7. The Labute approximate surface area is 146 Å². The zero-order valence-electron chi connectivity index (χ0n) is 13.9. The lowest BCUT2D eigenvalue weighted by molar-refractivity contribution is -0.143. The molecule has 2 aromatic rings. The highest BCUT2D eigenvalue weighted by Crippen LogP contribution is 2.30. The zero-order valence-corrected chi connectivity index (χ0v) is 14.8. The van der Waals surface area contributed by atoms with Gasteiger partial charge in [0.1, 0.15) is 6.54 Å². The fourth-order valence-electron chi connectivity index (χ4n) is 3.20. The molecular formula is C18H21N3O2S. The van der Waals surface area contributed by atoms with E-state index in [1.54, 1.807) is 0 Å². The van der Waals surface area contributed by atoms with Crippen LogP contribution in [0, 0.1) is 11.3 Å². The standard InChI is InChI=1S/C18H21N3O2S/c1-13-9-21(10-14(2)23-13)18(22)12-20-11-17(24-8-7-19)15-5-3-4-6-16(15)20/h3-6,11,13-14H,8-10,12H2,1-2H3. The van der Waals surface area contributed by atoms with E-state index in [1.165, 1.54) is 11.8 Å². The van der Waals surface area contributed by atoms with Crippen molar-refractivity contribution in [2.24, 2.45) is 0 Å². The first kappa shape index (κ1) is 16.9. The molecule has 1 saturated heterocycles. The van der Waals surface area contributed by atoms with Gasteiger partial charge in [0, 0.05) is 35.1 Å². The van der Waals surface area contributed by atoms with Gasteiger partial charge >= 0.3 is 0 Å². The maximum absolute atomic E-state index is 12.7. The number of nitriles is 1. The molecule has 2 heterocycles. The average Bonchev–Trinajstić information content (AvgIpc) is 2.90. The van der Waals surface area contributed by atoms with Crippen molar-refractivity contribution >= 4 is 28.6 Å². The molecule has 0 saturated carbocycles. The molecule has 3 rings (SSSR count). The number of amides is 1. The van der Waals surface area contributed by atoms with Crippen molar-refractivity contribution in [3.8, 4) is 6.07 Å². The van der Waals surface area contributed by atoms with Gasteiger partial charge in [-0.3, -0.25) is 4.79 Å². The SMILES string of the molecule is CC1CN(C(=O)Cn2cc(SCC#N)c3ccccc32)CC(C)O1. The van der Waals surface area contributed by atoms with Gasteiger partial charge in [-0.2, -0.15) is 5.26 Å². The molecule has 126 valence electrons. The fraction of sp³-hybridized carbons (Fsp3) is 0.444. The molecule has 2 unspecified atom stereocenters. The van der Waals surface area contributed by atoms with E-state index in [1.807, 2.05) is 53.8 Å². The second-order valence-corrected chi connectivity index (χ2v) is 7.16. The Bertz CT molecular complexity index is 770. The van der Waals surface area contributed by atoms with E-state index in [9.17, 15) is 4.79 Å². The summed E-state index contributed by atoms with van der Waals surface area (Å²) in [7, 11) is 0. The second kappa shape index (κ2) is 7.29. The van der Waals surface area contributed by atoms with E-state index < -0.39 is 0 Å². The lowest BCUT2D eigenvalue weighted by Gasteiger charge is -2.35. The zero-order chi connectivity index (χ0) is 17.1. The molecule has 1 fully saturated rings. The number of nitrogens with zero attached hydrogens (tertiary/aromatic N) is 3. The van der Waals surface area contributed by atoms with Crippen LogP contribution in [0.5, 0.6) is 0 Å². The Morgan fingerprint density at radius 3 is 2.75 bits per heavy atom. The molecule has 1 aromatic heterocycles. The summed E-state index contributed by atoms with van der Waals surface area (Å²) in [5.41, 5.74) is 1.03. The van der Waals surface area contributed by atoms with Crippen LogP contribution in [0.2, 0.25) is 0 Å². The van der Waals surface area contributed by atoms with Crippen LogP contribution in [0.25, 0.3) is 10.9 Å². The number of morpholine rings is 1. The fourth-order valence-corrected chi connectivity index (χ4v) is 3.95. The van der Waals surface area contributed by atoms with Crippen LogP contribution < -0.4 is 0 Å². The lowest BCUT2D eigenvalue weighted by Crippen LogP contribution is -2.49. The van der Waals surface area contributed by atoms with Crippen LogP contribution in [0.15, 0.2) is 35.4 Å². The quantitative estimate of drug-likeness (QED) is 0.801. The molecule has 2 atom stereocenters. The molecule has 1 aromatic carbocycles. The number of para-hydroxylation sites is 1. The summed E-state index contributed by atoms with van der Waals surface area (Å²) in [5, 5.41) is 9.91. The molecule has 24 heavy (non-hydrogen) atoms. The van der Waals surface area contributed by atoms with E-state index >= 15 is 0 Å². The van der Waals surface area contributed by atoms with Crippen LogP contribution in [-0.4, -0.2) is 46.4 Å². The van der Waals surface area contributed by atoms with E-state index in [0.717, 1.165) is 15.8 Å². The van der Waals surface area contributed by atoms with E-state index in [0.29, 0.717) is 25.4 Å². The number of carbonyl (C=O) groups is 1. The summed E-state index contributed by atoms with van der Waals surface area (Å²) in [5.74, 6) is 0.509. The number of benzene rings is 1. The van der Waals surface area contributed by atoms with Gasteiger partial charge in [0.15, 0.2) is 0 Å². The molecule has 1 amide bonds. The highest BCUT2D eigenvalue weighted by molar-refractivity contribution is 7.99. The molecule has 5 nitrogen and oxygen atoms in total. The summed E-state index contributed by atoms with van der Waals surface area (Å²) in [4.78, 5) is 15.6. The van der Waals surface area contributed by atoms with E-state index in [2.05, 4.69) is 6.07 Å². The number of aromatic nitrogens is 1. The molecule has 0 bridgehead atoms. The minimum atomic E-state index is 0.0702. The Balaban J connectivity index is 1.82. The largest absolute Gasteiger partial charge is 0.372 e. The van der Waals surface area contributed by atoms with Gasteiger partial charge in [-0.15, -0.1) is 11.8 Å². The van der Waals surface area contributed by atoms with Crippen molar-refractivity contribution in [1.82, 2.24) is 9.47 Å². The number of rotatable bonds is 4. The predicted octanol–water partition coefficient (Wildman–Crippen LogP) is 2.89. The number of ether oxygens (including phenoxy) is 1. The summed E-state index contributed by atoms with van der Waals surface area (Å²) >= 11 is 1.51. The Kier molecular flexibility index (Phi) is 5.12. The molecule has 0 spiro atoms. The van der Waals surface area contributed by atoms with Crippen LogP contribution >= 0.6 is 11.8 Å². The summed E-state index contributed by atoms with van der Waals surface area (Å²) in [6, 6.07) is 10.2. The minimum absolute atomic E-state index is 0.0702. The van der Waals surface area contributed by atoms with Crippen molar-refractivity contribution in [1.29, 1.82) is 5.26 Å². The van der Waals surface area contributed by atoms with Crippen LogP contribution in [0.1, 0.15) is 13.8 Å². The van der Waals surface area contributed by atoms with Gasteiger partial charge in [0.25, 0.3) is 0 Å². The van der Waals surface area contributed by atoms with Crippen molar-refractivity contribution < 1.29 is 9.53 Å². The number of carbonyl (C=O) groups excluding carboxylic acids is 1. The Morgan fingerprint density at radius 2 is 2.04 bits per heavy atom. The summed E-state index contributed by atoms with van der Waals surface area (Å²) in [6.45, 7) is 5.58. The Hall–Kier alpha value is -1.97. The van der Waals surface area contributed by atoms with Crippen molar-refractivity contribution in [3.05, 3.63) is 30.5 Å². The second-order valence-electron chi connectivity index (χ2n) is 6.14. The van der Waals surface area contributed by atoms with Crippen molar-refractivity contribution in [3.63, 3.8) is 0 Å². The van der Waals surface area contributed by atoms with E-state index in [4.69, 9.17) is 10.00 Å². The van der Waals surface area contributed by atoms with Crippen LogP contribution in [-0.2, 0) is 16.1 Å². The molecular weight excluding hydrogens is 322 g/mol. The molecule has 1 aliphatic heterocycles. The van der Waals surface area contributed by atoms with Gasteiger partial charge in [0.05, 0.1) is 24.0 Å². The van der Waals surface area contributed by atoms with Crippen LogP contribution in [0.3, 0.4) is 0 Å². The van der Waals surface area contributed by atoms with Gasteiger partial charge in [0.2, 0.25) is 5.91 Å². The van der Waals surface area contributed by atoms with Gasteiger partial charge < -0.3 is 14.2 Å². The normalized spacial score (nSPS) is 21.0. The molecule has 0 radical (unpaired) electrons. The third-order valence-electron chi connectivity index (χ3n) is 4.12. The first-order chi connectivity index (χ1) is 11.6. The molecule has 0 aliphatic carbocycles. The monoisotopic (exact) mass is 343 g/mol. The molecule has 1 aliphatic rings. The van der Waals surface area contributed by atoms with E-state index in [-0.39, 0.29) is 18.1 Å². The molecule has 0 N–H and O–H groups in total. The maximum Gasteiger partial charge on any atom is 0.242 e. The molecule has 6 heteroatoms. The summed E-state index contributed by atoms with van der Waals surface area (Å²) < 4.78 is 7.69. The highest BCUT2D eigenvalue weighted by Gasteiger charge is 2.26. The van der Waals surface area contributed by atoms with Crippen molar-refractivity contribution in [2.75, 3.05) is 18.8 Å². The topological polar surface area (TPSA) is 58.3 Å². The number of hydrogen-bond donors (Lipinski definition) is 0. The first-order valence-electron chi connectivity index (χ1n) is 8.09. The van der Waals surface area contributed by atoms with Crippen LogP contribution in [0.4, 0.5) is 0 Å². The van der Waals surface area contributed by atoms with Gasteiger partial charge in [-0.1, -0.05) is 18.2 Å². The number of fused-ring (bicyclic) bond motifs is 1. The lowest BCUT2D eigenvalue weighted by atomic mass is 10.2. The summed E-state index contributed by atoms with van der Waals surface area (Å²) in [6.07, 6.45) is 2.12. The number of thioether (sulfide) groups is 1. The number of hydrogen-bond acceptors (Lipinski definition) is 4. The average molecular weight is 343 g/mol. The Morgan fingerprint density at radius 1 is 1.33 bits per heavy atom. The van der Waals surface area contributed by atoms with Crippen molar-refractivity contribution in [2.45, 2.75) is 37.5 Å². The van der Waals surface area contributed by atoms with Gasteiger partial charge in [-0.25, -0.2) is 0 Å². The first-order valence-corrected chi connectivity index (χ1v) is 9.08. The smallest absolute Gasteiger partial charge is 0.242 e. The third-order valence-corrected chi connectivity index (χ3v) is 5.03. The predicted molar refractivity (Wildman–Crippen MR) is 94.9 cm³/mol. The third kappa shape index (κ3) is 3.58. The highest BCUT2D eigenvalue weighted by atomic mass is 32.2.